The number of rotatable bonds is 8. The van der Waals surface area contributed by atoms with Crippen LogP contribution in [0.25, 0.3) is 22.0 Å². The number of carbonyl (C=O) groups excluding carboxylic acids is 1. The number of ether oxygens (including phenoxy) is 1. The van der Waals surface area contributed by atoms with Gasteiger partial charge in [0.2, 0.25) is 5.88 Å². The third-order valence-electron chi connectivity index (χ3n) is 6.68. The summed E-state index contributed by atoms with van der Waals surface area (Å²) >= 11 is 0. The Hall–Kier alpha value is -4.81. The largest absolute Gasteiger partial charge is 0.436 e. The fourth-order valence-corrected chi connectivity index (χ4v) is 4.68. The molecular formula is C31H29FN6O2. The highest BCUT2D eigenvalue weighted by Gasteiger charge is 2.17. The van der Waals surface area contributed by atoms with Gasteiger partial charge in [-0.15, -0.1) is 6.42 Å². The van der Waals surface area contributed by atoms with Gasteiger partial charge < -0.3 is 10.1 Å². The first-order valence-corrected chi connectivity index (χ1v) is 13.1. The summed E-state index contributed by atoms with van der Waals surface area (Å²) < 4.78 is 19.4. The van der Waals surface area contributed by atoms with Crippen molar-refractivity contribution in [2.24, 2.45) is 0 Å². The predicted octanol–water partition coefficient (Wildman–Crippen LogP) is 6.03. The highest BCUT2D eigenvalue weighted by Crippen LogP contribution is 2.27. The Balaban J connectivity index is 1.30. The van der Waals surface area contributed by atoms with Crippen LogP contribution < -0.4 is 10.1 Å². The normalized spacial score (nSPS) is 14.6. The summed E-state index contributed by atoms with van der Waals surface area (Å²) in [5.74, 6) is 1.14. The number of nitrogens with one attached hydrogen (secondary N) is 2. The van der Waals surface area contributed by atoms with Crippen LogP contribution >= 0.6 is 0 Å². The third kappa shape index (κ3) is 6.25. The number of nitrogens with zero attached hydrogens (tertiary/aromatic N) is 4. The number of aromatic amines is 1. The van der Waals surface area contributed by atoms with Crippen molar-refractivity contribution >= 4 is 22.5 Å². The van der Waals surface area contributed by atoms with Crippen molar-refractivity contribution in [1.82, 2.24) is 25.1 Å². The Bertz CT molecular complexity index is 1610. The van der Waals surface area contributed by atoms with Crippen molar-refractivity contribution in [2.75, 3.05) is 18.4 Å². The molecule has 5 rings (SSSR count). The maximum absolute atomic E-state index is 14.0. The van der Waals surface area contributed by atoms with Gasteiger partial charge in [-0.2, -0.15) is 5.10 Å². The fraction of sp³-hybridized carbons (Fsp3) is 0.226. The molecule has 0 unspecified atom stereocenters. The number of fused-ring (bicyclic) bond motifs is 1. The zero-order valence-corrected chi connectivity index (χ0v) is 22.2. The van der Waals surface area contributed by atoms with Crippen LogP contribution in [0, 0.1) is 12.3 Å². The molecule has 40 heavy (non-hydrogen) atoms. The molecule has 0 atom stereocenters. The second kappa shape index (κ2) is 12.4. The number of terminal acetylenes is 1. The number of likely N-dealkylation sites (tertiary alicyclic amines) is 1. The molecule has 1 fully saturated rings. The van der Waals surface area contributed by atoms with Crippen LogP contribution in [0.3, 0.4) is 0 Å². The zero-order chi connectivity index (χ0) is 27.9. The number of allylic oxidation sites excluding steroid dienone is 3. The van der Waals surface area contributed by atoms with Gasteiger partial charge in [0.1, 0.15) is 0 Å². The summed E-state index contributed by atoms with van der Waals surface area (Å²) in [6, 6.07) is 11.1. The topological polar surface area (TPSA) is 96.0 Å². The number of halogens is 1. The van der Waals surface area contributed by atoms with E-state index in [9.17, 15) is 9.18 Å². The molecule has 0 saturated carbocycles. The molecule has 8 nitrogen and oxygen atoms in total. The molecule has 1 aliphatic rings. The minimum atomic E-state index is -0.682. The predicted molar refractivity (Wildman–Crippen MR) is 153 cm³/mol. The summed E-state index contributed by atoms with van der Waals surface area (Å²) in [6.07, 6.45) is 16.5. The van der Waals surface area contributed by atoms with Crippen LogP contribution in [0.4, 0.5) is 10.1 Å². The second-order valence-electron chi connectivity index (χ2n) is 9.50. The van der Waals surface area contributed by atoms with Gasteiger partial charge in [-0.1, -0.05) is 18.4 Å². The molecule has 0 aliphatic carbocycles. The molecule has 9 heteroatoms. The van der Waals surface area contributed by atoms with E-state index in [1.165, 1.54) is 43.2 Å². The van der Waals surface area contributed by atoms with Gasteiger partial charge in [-0.3, -0.25) is 19.8 Å². The summed E-state index contributed by atoms with van der Waals surface area (Å²) in [5, 5.41) is 10.7. The first kappa shape index (κ1) is 26.8. The number of hydrogen-bond donors (Lipinski definition) is 2. The SMILES string of the molecule is C#C/C=C(F)\C(=C/C)Oc1ccc(NC(=O)c2n[nH]c3ccc(-c4cncc(CN5CCCCC5)c4)cc23)cn1. The maximum atomic E-state index is 14.0. The molecule has 1 aliphatic heterocycles. The fourth-order valence-electron chi connectivity index (χ4n) is 4.68. The molecule has 1 amide bonds. The van der Waals surface area contributed by atoms with E-state index in [0.29, 0.717) is 11.1 Å². The highest BCUT2D eigenvalue weighted by atomic mass is 19.1. The van der Waals surface area contributed by atoms with Crippen LogP contribution in [0.5, 0.6) is 5.88 Å². The first-order chi connectivity index (χ1) is 19.5. The van der Waals surface area contributed by atoms with Crippen LogP contribution in [0.1, 0.15) is 42.2 Å². The smallest absolute Gasteiger partial charge is 0.276 e. The lowest BCUT2D eigenvalue weighted by molar-refractivity contribution is 0.102. The molecule has 2 N–H and O–H groups in total. The summed E-state index contributed by atoms with van der Waals surface area (Å²) in [7, 11) is 0. The summed E-state index contributed by atoms with van der Waals surface area (Å²) in [6.45, 7) is 4.74. The molecule has 0 spiro atoms. The average molecular weight is 537 g/mol. The summed E-state index contributed by atoms with van der Waals surface area (Å²) in [5.41, 5.74) is 4.53. The molecule has 4 aromatic rings. The van der Waals surface area contributed by atoms with Crippen LogP contribution in [0.2, 0.25) is 0 Å². The van der Waals surface area contributed by atoms with E-state index in [1.54, 1.807) is 13.0 Å². The number of anilines is 1. The van der Waals surface area contributed by atoms with E-state index in [1.807, 2.05) is 30.6 Å². The lowest BCUT2D eigenvalue weighted by Crippen LogP contribution is -2.29. The Morgan fingerprint density at radius 2 is 2.00 bits per heavy atom. The van der Waals surface area contributed by atoms with E-state index >= 15 is 0 Å². The van der Waals surface area contributed by atoms with Crippen molar-refractivity contribution in [3.8, 4) is 29.4 Å². The van der Waals surface area contributed by atoms with E-state index in [2.05, 4.69) is 42.4 Å². The van der Waals surface area contributed by atoms with Gasteiger partial charge in [0.25, 0.3) is 5.91 Å². The van der Waals surface area contributed by atoms with Crippen molar-refractivity contribution in [3.05, 3.63) is 90.0 Å². The number of hydrogen-bond acceptors (Lipinski definition) is 6. The van der Waals surface area contributed by atoms with Crippen LogP contribution in [-0.2, 0) is 6.54 Å². The van der Waals surface area contributed by atoms with Crippen molar-refractivity contribution in [3.63, 3.8) is 0 Å². The van der Waals surface area contributed by atoms with E-state index in [0.717, 1.165) is 42.4 Å². The van der Waals surface area contributed by atoms with Crippen molar-refractivity contribution in [2.45, 2.75) is 32.7 Å². The second-order valence-corrected chi connectivity index (χ2v) is 9.50. The standard InChI is InChI=1S/C31H29FN6O2/c1-3-8-26(32)28(4-2)40-29-12-10-24(19-34-29)35-31(39)30-25-16-22(9-11-27(25)36-37-30)23-15-21(17-33-18-23)20-38-13-6-5-7-14-38/h1,4,8-12,15-19H,5-7,13-14,20H2,2H3,(H,35,39)(H,36,37)/b26-8+,28-4+. The molecule has 4 heterocycles. The van der Waals surface area contributed by atoms with Crippen molar-refractivity contribution in [1.29, 1.82) is 0 Å². The minimum absolute atomic E-state index is 0.0479. The molecule has 202 valence electrons. The van der Waals surface area contributed by atoms with Crippen LogP contribution in [-0.4, -0.2) is 44.1 Å². The summed E-state index contributed by atoms with van der Waals surface area (Å²) in [4.78, 5) is 24.2. The van der Waals surface area contributed by atoms with Gasteiger partial charge in [0.05, 0.1) is 17.4 Å². The number of amides is 1. The van der Waals surface area contributed by atoms with Gasteiger partial charge in [0.15, 0.2) is 17.3 Å². The van der Waals surface area contributed by atoms with Crippen molar-refractivity contribution < 1.29 is 13.9 Å². The Morgan fingerprint density at radius 1 is 1.15 bits per heavy atom. The number of H-pyrrole nitrogens is 1. The maximum Gasteiger partial charge on any atom is 0.276 e. The third-order valence-corrected chi connectivity index (χ3v) is 6.68. The number of aromatic nitrogens is 4. The number of pyridine rings is 2. The molecule has 3 aromatic heterocycles. The lowest BCUT2D eigenvalue weighted by atomic mass is 10.0. The molecule has 1 aromatic carbocycles. The van der Waals surface area contributed by atoms with E-state index in [4.69, 9.17) is 11.2 Å². The Morgan fingerprint density at radius 3 is 2.75 bits per heavy atom. The zero-order valence-electron chi connectivity index (χ0n) is 22.2. The molecule has 1 saturated heterocycles. The quantitative estimate of drug-likeness (QED) is 0.162. The van der Waals surface area contributed by atoms with E-state index < -0.39 is 11.7 Å². The van der Waals surface area contributed by atoms with Gasteiger partial charge in [0, 0.05) is 42.0 Å². The minimum Gasteiger partial charge on any atom is -0.436 e. The molecule has 0 radical (unpaired) electrons. The Labute approximate surface area is 232 Å². The molecule has 0 bridgehead atoms. The Kier molecular flexibility index (Phi) is 8.28. The van der Waals surface area contributed by atoms with Gasteiger partial charge >= 0.3 is 0 Å². The van der Waals surface area contributed by atoms with E-state index in [-0.39, 0.29) is 17.3 Å². The lowest BCUT2D eigenvalue weighted by Gasteiger charge is -2.26. The number of carbonyl (C=O) groups is 1. The molecular weight excluding hydrogens is 507 g/mol. The number of benzene rings is 1. The average Bonchev–Trinajstić information content (AvgIpc) is 3.41. The monoisotopic (exact) mass is 536 g/mol. The van der Waals surface area contributed by atoms with Gasteiger partial charge in [-0.25, -0.2) is 9.37 Å². The highest BCUT2D eigenvalue weighted by molar-refractivity contribution is 6.11. The van der Waals surface area contributed by atoms with Gasteiger partial charge in [-0.05, 0) is 74.3 Å². The number of piperidine rings is 1. The van der Waals surface area contributed by atoms with Crippen LogP contribution in [0.15, 0.2) is 78.7 Å². The first-order valence-electron chi connectivity index (χ1n) is 13.1.